The Bertz CT molecular complexity index is 848. The number of carbonyl (C=O) groups excluding carboxylic acids is 1. The van der Waals surface area contributed by atoms with E-state index in [1.54, 1.807) is 6.92 Å². The molecule has 5 heteroatoms. The number of unbranched alkanes of at least 4 members (excludes halogenated alkanes) is 6. The van der Waals surface area contributed by atoms with E-state index >= 15 is 0 Å². The van der Waals surface area contributed by atoms with Gasteiger partial charge in [0.1, 0.15) is 0 Å². The summed E-state index contributed by atoms with van der Waals surface area (Å²) < 4.78 is 19.8. The third-order valence-electron chi connectivity index (χ3n) is 5.26. The van der Waals surface area contributed by atoms with Crippen LogP contribution in [-0.2, 0) is 4.79 Å². The summed E-state index contributed by atoms with van der Waals surface area (Å²) in [5.41, 5.74) is 1.52. The van der Waals surface area contributed by atoms with Crippen molar-refractivity contribution in [2.75, 3.05) is 13.2 Å². The standard InChI is InChI=1S/C26H37FN2O2/c1-20(2)19-28-26(30)25(27)21(3)13-9-7-5-4-6-8-12-18-31-24-17-16-22-14-10-11-15-23(22)29-24/h10-11,14-17,20H,4-9,12-13,18-19H2,1-3H3,(H,28,30)/b25-21+. The zero-order chi connectivity index (χ0) is 22.5. The largest absolute Gasteiger partial charge is 0.478 e. The van der Waals surface area contributed by atoms with Crippen LogP contribution in [0.15, 0.2) is 47.8 Å². The third kappa shape index (κ3) is 9.50. The van der Waals surface area contributed by atoms with Gasteiger partial charge < -0.3 is 10.1 Å². The molecule has 0 aliphatic rings. The van der Waals surface area contributed by atoms with E-state index in [9.17, 15) is 9.18 Å². The second kappa shape index (κ2) is 13.8. The molecule has 2 rings (SSSR count). The van der Waals surface area contributed by atoms with Crippen molar-refractivity contribution in [3.63, 3.8) is 0 Å². The van der Waals surface area contributed by atoms with Gasteiger partial charge in [-0.1, -0.05) is 64.2 Å². The topological polar surface area (TPSA) is 51.2 Å². The van der Waals surface area contributed by atoms with Gasteiger partial charge in [-0.25, -0.2) is 9.37 Å². The molecule has 1 N–H and O–H groups in total. The van der Waals surface area contributed by atoms with E-state index in [4.69, 9.17) is 4.74 Å². The van der Waals surface area contributed by atoms with Crippen LogP contribution in [-0.4, -0.2) is 24.0 Å². The molecule has 2 aromatic rings. The number of nitrogens with one attached hydrogen (secondary N) is 1. The molecular weight excluding hydrogens is 391 g/mol. The van der Waals surface area contributed by atoms with Gasteiger partial charge in [0.15, 0.2) is 5.83 Å². The molecule has 1 heterocycles. The fourth-order valence-electron chi connectivity index (χ4n) is 3.36. The number of benzene rings is 1. The fraction of sp³-hybridized carbons (Fsp3) is 0.538. The molecule has 0 unspecified atom stereocenters. The minimum absolute atomic E-state index is 0.318. The number of allylic oxidation sites excluding steroid dienone is 1. The average molecular weight is 429 g/mol. The number of fused-ring (bicyclic) bond motifs is 1. The highest BCUT2D eigenvalue weighted by molar-refractivity contribution is 5.91. The Labute approximate surface area is 186 Å². The highest BCUT2D eigenvalue weighted by Gasteiger charge is 2.12. The average Bonchev–Trinajstić information content (AvgIpc) is 2.77. The van der Waals surface area contributed by atoms with Crippen molar-refractivity contribution in [1.82, 2.24) is 10.3 Å². The fourth-order valence-corrected chi connectivity index (χ4v) is 3.36. The van der Waals surface area contributed by atoms with Crippen LogP contribution in [0.3, 0.4) is 0 Å². The van der Waals surface area contributed by atoms with Crippen molar-refractivity contribution >= 4 is 16.8 Å². The van der Waals surface area contributed by atoms with Crippen LogP contribution in [0.1, 0.15) is 72.1 Å². The number of hydrogen-bond acceptors (Lipinski definition) is 3. The highest BCUT2D eigenvalue weighted by atomic mass is 19.1. The van der Waals surface area contributed by atoms with E-state index in [-0.39, 0.29) is 0 Å². The molecule has 1 aromatic carbocycles. The van der Waals surface area contributed by atoms with Crippen molar-refractivity contribution in [3.05, 3.63) is 47.8 Å². The van der Waals surface area contributed by atoms with E-state index in [0.29, 0.717) is 36.9 Å². The zero-order valence-electron chi connectivity index (χ0n) is 19.3. The number of carbonyl (C=O) groups is 1. The molecule has 0 fully saturated rings. The van der Waals surface area contributed by atoms with E-state index < -0.39 is 11.7 Å². The predicted molar refractivity (Wildman–Crippen MR) is 126 cm³/mol. The number of para-hydroxylation sites is 1. The van der Waals surface area contributed by atoms with Gasteiger partial charge in [-0.05, 0) is 49.8 Å². The summed E-state index contributed by atoms with van der Waals surface area (Å²) in [6.07, 6.45) is 8.28. The molecule has 170 valence electrons. The van der Waals surface area contributed by atoms with Crippen molar-refractivity contribution < 1.29 is 13.9 Å². The lowest BCUT2D eigenvalue weighted by Gasteiger charge is -2.08. The Balaban J connectivity index is 1.49. The lowest BCUT2D eigenvalue weighted by Crippen LogP contribution is -2.28. The van der Waals surface area contributed by atoms with E-state index in [1.807, 2.05) is 50.2 Å². The predicted octanol–water partition coefficient (Wildman–Crippen LogP) is 6.75. The summed E-state index contributed by atoms with van der Waals surface area (Å²) in [6.45, 7) is 6.89. The van der Waals surface area contributed by atoms with Crippen LogP contribution < -0.4 is 10.1 Å². The third-order valence-corrected chi connectivity index (χ3v) is 5.26. The zero-order valence-corrected chi connectivity index (χ0v) is 19.3. The van der Waals surface area contributed by atoms with E-state index in [1.165, 1.54) is 12.8 Å². The van der Waals surface area contributed by atoms with Gasteiger partial charge in [-0.3, -0.25) is 4.79 Å². The quantitative estimate of drug-likeness (QED) is 0.267. The Morgan fingerprint density at radius 1 is 1.00 bits per heavy atom. The SMILES string of the molecule is C/C(CCCCCCCCCOc1ccc2ccccc2n1)=C(\F)C(=O)NCC(C)C. The lowest BCUT2D eigenvalue weighted by molar-refractivity contribution is -0.119. The molecule has 0 saturated carbocycles. The molecule has 4 nitrogen and oxygen atoms in total. The van der Waals surface area contributed by atoms with Crippen LogP contribution in [0, 0.1) is 5.92 Å². The Hall–Kier alpha value is -2.43. The summed E-state index contributed by atoms with van der Waals surface area (Å²) in [7, 11) is 0. The van der Waals surface area contributed by atoms with Crippen LogP contribution in [0.4, 0.5) is 4.39 Å². The van der Waals surface area contributed by atoms with Crippen molar-refractivity contribution in [2.45, 2.75) is 72.1 Å². The maximum atomic E-state index is 14.0. The number of hydrogen-bond donors (Lipinski definition) is 1. The molecule has 31 heavy (non-hydrogen) atoms. The molecule has 0 spiro atoms. The second-order valence-corrected chi connectivity index (χ2v) is 8.61. The molecule has 0 aliphatic heterocycles. The smallest absolute Gasteiger partial charge is 0.279 e. The first kappa shape index (κ1) is 24.8. The van der Waals surface area contributed by atoms with Gasteiger partial charge in [0.25, 0.3) is 5.91 Å². The minimum atomic E-state index is -0.610. The first-order valence-corrected chi connectivity index (χ1v) is 11.6. The molecule has 0 atom stereocenters. The van der Waals surface area contributed by atoms with E-state index in [2.05, 4.69) is 10.3 Å². The number of ether oxygens (including phenoxy) is 1. The molecular formula is C26H37FN2O2. The molecule has 0 bridgehead atoms. The molecule has 0 radical (unpaired) electrons. The molecule has 0 aliphatic carbocycles. The first-order valence-electron chi connectivity index (χ1n) is 11.6. The van der Waals surface area contributed by atoms with Gasteiger partial charge in [0.05, 0.1) is 12.1 Å². The summed E-state index contributed by atoms with van der Waals surface area (Å²) in [5.74, 6) is -0.180. The Kier molecular flexibility index (Phi) is 11.0. The summed E-state index contributed by atoms with van der Waals surface area (Å²) in [5, 5.41) is 3.75. The summed E-state index contributed by atoms with van der Waals surface area (Å²) >= 11 is 0. The molecule has 1 aromatic heterocycles. The van der Waals surface area contributed by atoms with Gasteiger partial charge >= 0.3 is 0 Å². The Morgan fingerprint density at radius 2 is 1.68 bits per heavy atom. The number of rotatable bonds is 14. The number of pyridine rings is 1. The van der Waals surface area contributed by atoms with Crippen molar-refractivity contribution in [2.24, 2.45) is 5.92 Å². The monoisotopic (exact) mass is 428 g/mol. The number of aromatic nitrogens is 1. The van der Waals surface area contributed by atoms with Gasteiger partial charge in [0, 0.05) is 18.0 Å². The molecule has 0 saturated heterocycles. The van der Waals surface area contributed by atoms with Crippen LogP contribution in [0.5, 0.6) is 5.88 Å². The van der Waals surface area contributed by atoms with Gasteiger partial charge in [-0.2, -0.15) is 0 Å². The van der Waals surface area contributed by atoms with Crippen molar-refractivity contribution in [3.8, 4) is 5.88 Å². The Morgan fingerprint density at radius 3 is 2.42 bits per heavy atom. The van der Waals surface area contributed by atoms with Gasteiger partial charge in [0.2, 0.25) is 5.88 Å². The van der Waals surface area contributed by atoms with Crippen LogP contribution >= 0.6 is 0 Å². The normalized spacial score (nSPS) is 12.2. The van der Waals surface area contributed by atoms with Crippen LogP contribution in [0.25, 0.3) is 10.9 Å². The minimum Gasteiger partial charge on any atom is -0.478 e. The first-order chi connectivity index (χ1) is 15.0. The molecule has 1 amide bonds. The highest BCUT2D eigenvalue weighted by Crippen LogP contribution is 2.18. The second-order valence-electron chi connectivity index (χ2n) is 8.61. The van der Waals surface area contributed by atoms with Crippen molar-refractivity contribution in [1.29, 1.82) is 0 Å². The summed E-state index contributed by atoms with van der Waals surface area (Å²) in [4.78, 5) is 16.3. The van der Waals surface area contributed by atoms with Crippen LogP contribution in [0.2, 0.25) is 0 Å². The number of halogens is 1. The number of amides is 1. The van der Waals surface area contributed by atoms with E-state index in [0.717, 1.165) is 43.0 Å². The summed E-state index contributed by atoms with van der Waals surface area (Å²) in [6, 6.07) is 12.0. The maximum Gasteiger partial charge on any atom is 0.279 e. The van der Waals surface area contributed by atoms with Gasteiger partial charge in [-0.15, -0.1) is 0 Å². The lowest BCUT2D eigenvalue weighted by atomic mass is 10.0. The number of nitrogens with zero attached hydrogens (tertiary/aromatic N) is 1. The maximum absolute atomic E-state index is 14.0.